The zero-order chi connectivity index (χ0) is 14.0. The molecule has 0 saturated heterocycles. The molecule has 0 saturated carbocycles. The Hall–Kier alpha value is -1.32. The van der Waals surface area contributed by atoms with Gasteiger partial charge in [0.2, 0.25) is 0 Å². The van der Waals surface area contributed by atoms with Crippen LogP contribution in [0.1, 0.15) is 29.7 Å². The highest BCUT2D eigenvalue weighted by atomic mass is 79.9. The molecule has 2 nitrogen and oxygen atoms in total. The van der Waals surface area contributed by atoms with Crippen molar-refractivity contribution in [2.45, 2.75) is 26.8 Å². The number of hydrogen-bond donors (Lipinski definition) is 1. The second-order valence-corrected chi connectivity index (χ2v) is 5.59. The molecule has 2 rings (SSSR count). The Morgan fingerprint density at radius 3 is 2.26 bits per heavy atom. The topological polar surface area (TPSA) is 35.2 Å². The van der Waals surface area contributed by atoms with Crippen LogP contribution in [-0.4, -0.2) is 0 Å². The van der Waals surface area contributed by atoms with Crippen molar-refractivity contribution >= 4 is 15.9 Å². The molecular formula is C16H18BrNO. The standard InChI is InChI=1S/C16H18BrNO/c1-10-8-13(9-11(2)16(10)17)19-15-7-5-4-6-14(15)12(3)18/h4-9,12H,18H2,1-3H3/t12-/m1/s1. The van der Waals surface area contributed by atoms with E-state index < -0.39 is 0 Å². The fraction of sp³-hybridized carbons (Fsp3) is 0.250. The van der Waals surface area contributed by atoms with Gasteiger partial charge in [0.05, 0.1) is 0 Å². The van der Waals surface area contributed by atoms with Gasteiger partial charge in [-0.05, 0) is 50.1 Å². The van der Waals surface area contributed by atoms with E-state index >= 15 is 0 Å². The monoisotopic (exact) mass is 319 g/mol. The summed E-state index contributed by atoms with van der Waals surface area (Å²) in [6.45, 7) is 6.07. The summed E-state index contributed by atoms with van der Waals surface area (Å²) in [6, 6.07) is 11.9. The van der Waals surface area contributed by atoms with Crippen LogP contribution in [0.5, 0.6) is 11.5 Å². The summed E-state index contributed by atoms with van der Waals surface area (Å²) in [7, 11) is 0. The van der Waals surface area contributed by atoms with Crippen LogP contribution in [0.15, 0.2) is 40.9 Å². The second kappa shape index (κ2) is 5.76. The van der Waals surface area contributed by atoms with Crippen LogP contribution in [0.4, 0.5) is 0 Å². The lowest BCUT2D eigenvalue weighted by Crippen LogP contribution is -2.06. The lowest BCUT2D eigenvalue weighted by molar-refractivity contribution is 0.471. The largest absolute Gasteiger partial charge is 0.457 e. The molecule has 1 atom stereocenters. The van der Waals surface area contributed by atoms with Crippen molar-refractivity contribution in [3.05, 3.63) is 57.6 Å². The molecule has 0 amide bonds. The molecule has 3 heteroatoms. The molecule has 19 heavy (non-hydrogen) atoms. The normalized spacial score (nSPS) is 12.3. The van der Waals surface area contributed by atoms with Gasteiger partial charge in [-0.25, -0.2) is 0 Å². The quantitative estimate of drug-likeness (QED) is 0.875. The summed E-state index contributed by atoms with van der Waals surface area (Å²) in [4.78, 5) is 0. The first kappa shape index (κ1) is 14.1. The lowest BCUT2D eigenvalue weighted by atomic mass is 10.1. The van der Waals surface area contributed by atoms with Crippen LogP contribution >= 0.6 is 15.9 Å². The Morgan fingerprint density at radius 2 is 1.68 bits per heavy atom. The number of benzene rings is 2. The number of hydrogen-bond acceptors (Lipinski definition) is 2. The van der Waals surface area contributed by atoms with Gasteiger partial charge in [-0.2, -0.15) is 0 Å². The predicted molar refractivity (Wildman–Crippen MR) is 82.7 cm³/mol. The first-order valence-corrected chi connectivity index (χ1v) is 7.07. The molecule has 0 radical (unpaired) electrons. The predicted octanol–water partition coefficient (Wildman–Crippen LogP) is 4.88. The van der Waals surface area contributed by atoms with Gasteiger partial charge in [0, 0.05) is 16.1 Å². The third-order valence-corrected chi connectivity index (χ3v) is 4.30. The van der Waals surface area contributed by atoms with Crippen molar-refractivity contribution < 1.29 is 4.74 Å². The maximum atomic E-state index is 5.99. The fourth-order valence-electron chi connectivity index (χ4n) is 2.04. The van der Waals surface area contributed by atoms with Crippen molar-refractivity contribution in [3.63, 3.8) is 0 Å². The van der Waals surface area contributed by atoms with E-state index in [0.29, 0.717) is 0 Å². The van der Waals surface area contributed by atoms with E-state index in [-0.39, 0.29) is 6.04 Å². The van der Waals surface area contributed by atoms with Crippen LogP contribution in [0.3, 0.4) is 0 Å². The zero-order valence-corrected chi connectivity index (χ0v) is 13.0. The Balaban J connectivity index is 2.37. The van der Waals surface area contributed by atoms with Crippen molar-refractivity contribution in [2.24, 2.45) is 5.73 Å². The minimum Gasteiger partial charge on any atom is -0.457 e. The summed E-state index contributed by atoms with van der Waals surface area (Å²) in [5, 5.41) is 0. The third-order valence-electron chi connectivity index (χ3n) is 3.05. The molecule has 2 aromatic rings. The van der Waals surface area contributed by atoms with E-state index in [1.165, 1.54) is 0 Å². The van der Waals surface area contributed by atoms with Crippen LogP contribution in [0, 0.1) is 13.8 Å². The molecule has 2 N–H and O–H groups in total. The van der Waals surface area contributed by atoms with Gasteiger partial charge >= 0.3 is 0 Å². The summed E-state index contributed by atoms with van der Waals surface area (Å²) < 4.78 is 7.11. The Morgan fingerprint density at radius 1 is 1.11 bits per heavy atom. The number of para-hydroxylation sites is 1. The van der Waals surface area contributed by atoms with E-state index in [1.807, 2.05) is 43.3 Å². The molecule has 0 aliphatic carbocycles. The number of nitrogens with two attached hydrogens (primary N) is 1. The third kappa shape index (κ3) is 3.17. The first-order chi connectivity index (χ1) is 8.99. The van der Waals surface area contributed by atoms with Crippen LogP contribution in [-0.2, 0) is 0 Å². The van der Waals surface area contributed by atoms with E-state index in [9.17, 15) is 0 Å². The molecule has 0 spiro atoms. The molecule has 0 fully saturated rings. The van der Waals surface area contributed by atoms with Gasteiger partial charge in [0.25, 0.3) is 0 Å². The van der Waals surface area contributed by atoms with Crippen molar-refractivity contribution in [1.82, 2.24) is 0 Å². The summed E-state index contributed by atoms with van der Waals surface area (Å²) in [5.41, 5.74) is 9.30. The number of aryl methyl sites for hydroxylation is 2. The molecular weight excluding hydrogens is 302 g/mol. The van der Waals surface area contributed by atoms with E-state index in [1.54, 1.807) is 0 Å². The smallest absolute Gasteiger partial charge is 0.132 e. The van der Waals surface area contributed by atoms with Crippen LogP contribution in [0.2, 0.25) is 0 Å². The molecule has 0 aliphatic heterocycles. The number of ether oxygens (including phenoxy) is 1. The highest BCUT2D eigenvalue weighted by Gasteiger charge is 2.09. The molecule has 0 unspecified atom stereocenters. The maximum Gasteiger partial charge on any atom is 0.132 e. The average Bonchev–Trinajstić information content (AvgIpc) is 2.36. The molecule has 2 aromatic carbocycles. The van der Waals surface area contributed by atoms with Gasteiger partial charge in [0.1, 0.15) is 11.5 Å². The molecule has 0 bridgehead atoms. The lowest BCUT2D eigenvalue weighted by Gasteiger charge is -2.15. The molecule has 0 aromatic heterocycles. The Labute approximate surface area is 122 Å². The van der Waals surface area contributed by atoms with Crippen LogP contribution < -0.4 is 10.5 Å². The van der Waals surface area contributed by atoms with Gasteiger partial charge in [-0.1, -0.05) is 34.1 Å². The minimum absolute atomic E-state index is 0.0474. The highest BCUT2D eigenvalue weighted by molar-refractivity contribution is 9.10. The summed E-state index contributed by atoms with van der Waals surface area (Å²) in [6.07, 6.45) is 0. The zero-order valence-electron chi connectivity index (χ0n) is 11.4. The van der Waals surface area contributed by atoms with E-state index in [0.717, 1.165) is 32.7 Å². The SMILES string of the molecule is Cc1cc(Oc2ccccc2[C@@H](C)N)cc(C)c1Br. The van der Waals surface area contributed by atoms with Gasteiger partial charge < -0.3 is 10.5 Å². The second-order valence-electron chi connectivity index (χ2n) is 4.80. The van der Waals surface area contributed by atoms with Crippen molar-refractivity contribution in [2.75, 3.05) is 0 Å². The summed E-state index contributed by atoms with van der Waals surface area (Å²) >= 11 is 3.56. The Bertz CT molecular complexity index is 570. The van der Waals surface area contributed by atoms with E-state index in [2.05, 4.69) is 29.8 Å². The molecule has 100 valence electrons. The average molecular weight is 320 g/mol. The molecule has 0 aliphatic rings. The highest BCUT2D eigenvalue weighted by Crippen LogP contribution is 2.32. The number of rotatable bonds is 3. The van der Waals surface area contributed by atoms with Gasteiger partial charge in [-0.15, -0.1) is 0 Å². The minimum atomic E-state index is -0.0474. The fourth-order valence-corrected chi connectivity index (χ4v) is 2.27. The van der Waals surface area contributed by atoms with E-state index in [4.69, 9.17) is 10.5 Å². The van der Waals surface area contributed by atoms with Crippen molar-refractivity contribution in [3.8, 4) is 11.5 Å². The first-order valence-electron chi connectivity index (χ1n) is 6.28. The van der Waals surface area contributed by atoms with Gasteiger partial charge in [-0.3, -0.25) is 0 Å². The Kier molecular flexibility index (Phi) is 4.27. The summed E-state index contributed by atoms with van der Waals surface area (Å²) in [5.74, 6) is 1.66. The molecule has 0 heterocycles. The van der Waals surface area contributed by atoms with Gasteiger partial charge in [0.15, 0.2) is 0 Å². The number of halogens is 1. The van der Waals surface area contributed by atoms with Crippen molar-refractivity contribution in [1.29, 1.82) is 0 Å². The maximum absolute atomic E-state index is 5.99. The van der Waals surface area contributed by atoms with Crippen LogP contribution in [0.25, 0.3) is 0 Å².